The van der Waals surface area contributed by atoms with E-state index in [0.29, 0.717) is 28.8 Å². The van der Waals surface area contributed by atoms with E-state index in [1.165, 1.54) is 10.7 Å². The van der Waals surface area contributed by atoms with Gasteiger partial charge in [0.05, 0.1) is 18.7 Å². The van der Waals surface area contributed by atoms with Gasteiger partial charge in [0.2, 0.25) is 5.91 Å². The molecule has 26 heavy (non-hydrogen) atoms. The number of halogens is 1. The molecule has 1 aromatic carbocycles. The number of anilines is 2. The van der Waals surface area contributed by atoms with Crippen LogP contribution in [0, 0.1) is 5.92 Å². The summed E-state index contributed by atoms with van der Waals surface area (Å²) in [6, 6.07) is 8.29. The van der Waals surface area contributed by atoms with Gasteiger partial charge >= 0.3 is 0 Å². The van der Waals surface area contributed by atoms with E-state index in [9.17, 15) is 9.59 Å². The molecule has 1 aliphatic rings. The molecule has 8 heteroatoms. The molecule has 1 aliphatic heterocycles. The second-order valence-corrected chi connectivity index (χ2v) is 6.71. The van der Waals surface area contributed by atoms with Crippen LogP contribution in [0.3, 0.4) is 0 Å². The largest absolute Gasteiger partial charge is 0.495 e. The number of carbonyl (C=O) groups excluding carboxylic acids is 1. The minimum Gasteiger partial charge on any atom is -0.495 e. The maximum atomic E-state index is 12.7. The smallest absolute Gasteiger partial charge is 0.266 e. The Kier molecular flexibility index (Phi) is 5.46. The Balaban J connectivity index is 1.73. The summed E-state index contributed by atoms with van der Waals surface area (Å²) in [7, 11) is 3.16. The molecule has 1 fully saturated rings. The van der Waals surface area contributed by atoms with Gasteiger partial charge in [-0.15, -0.1) is 0 Å². The summed E-state index contributed by atoms with van der Waals surface area (Å²) in [6.45, 7) is 1.34. The molecule has 1 N–H and O–H groups in total. The number of hydrogen-bond donors (Lipinski definition) is 1. The quantitative estimate of drug-likeness (QED) is 0.886. The summed E-state index contributed by atoms with van der Waals surface area (Å²) < 4.78 is 6.58. The molecule has 1 amide bonds. The van der Waals surface area contributed by atoms with Crippen molar-refractivity contribution < 1.29 is 9.53 Å². The third kappa shape index (κ3) is 3.99. The van der Waals surface area contributed by atoms with Gasteiger partial charge < -0.3 is 15.0 Å². The molecule has 0 unspecified atom stereocenters. The molecule has 0 radical (unpaired) electrons. The fourth-order valence-corrected chi connectivity index (χ4v) is 3.24. The van der Waals surface area contributed by atoms with Crippen molar-refractivity contribution in [2.75, 3.05) is 30.4 Å². The summed E-state index contributed by atoms with van der Waals surface area (Å²) >= 11 is 6.02. The summed E-state index contributed by atoms with van der Waals surface area (Å²) in [6.07, 6.45) is 1.66. The number of amides is 1. The lowest BCUT2D eigenvalue weighted by molar-refractivity contribution is -0.120. The van der Waals surface area contributed by atoms with Crippen molar-refractivity contribution in [3.63, 3.8) is 0 Å². The summed E-state index contributed by atoms with van der Waals surface area (Å²) in [5.74, 6) is 0.992. The highest BCUT2D eigenvalue weighted by Gasteiger charge is 2.27. The minimum absolute atomic E-state index is 0.0833. The summed E-state index contributed by atoms with van der Waals surface area (Å²) in [5.41, 5.74) is 0.399. The van der Waals surface area contributed by atoms with Gasteiger partial charge in [-0.25, -0.2) is 4.68 Å². The molecule has 1 atom stereocenters. The van der Waals surface area contributed by atoms with Crippen LogP contribution in [-0.4, -0.2) is 35.9 Å². The Labute approximate surface area is 156 Å². The topological polar surface area (TPSA) is 76.5 Å². The standard InChI is InChI=1S/C18H21ClN4O3/c1-22-17(24)8-7-16(21-22)23-9-3-4-12(11-23)18(25)20-14-10-13(19)5-6-15(14)26-2/h5-8,10,12H,3-4,9,11H2,1-2H3,(H,20,25)/t12-/m1/s1. The van der Waals surface area contributed by atoms with E-state index < -0.39 is 0 Å². The molecule has 7 nitrogen and oxygen atoms in total. The fourth-order valence-electron chi connectivity index (χ4n) is 3.07. The average Bonchev–Trinajstić information content (AvgIpc) is 2.64. The van der Waals surface area contributed by atoms with Crippen LogP contribution in [0.5, 0.6) is 5.75 Å². The van der Waals surface area contributed by atoms with E-state index in [0.717, 1.165) is 19.4 Å². The first kappa shape index (κ1) is 18.3. The van der Waals surface area contributed by atoms with E-state index in [4.69, 9.17) is 16.3 Å². The summed E-state index contributed by atoms with van der Waals surface area (Å²) in [5, 5.41) is 7.72. The molecule has 2 aromatic rings. The molecular weight excluding hydrogens is 356 g/mol. The normalized spacial score (nSPS) is 17.0. The molecule has 0 spiro atoms. The Bertz CT molecular complexity index is 868. The minimum atomic E-state index is -0.188. The first-order chi connectivity index (χ1) is 12.5. The number of nitrogens with one attached hydrogen (secondary N) is 1. The van der Waals surface area contributed by atoms with Crippen LogP contribution in [0.4, 0.5) is 11.5 Å². The number of nitrogens with zero attached hydrogens (tertiary/aromatic N) is 3. The number of carbonyl (C=O) groups is 1. The molecule has 138 valence electrons. The lowest BCUT2D eigenvalue weighted by atomic mass is 9.97. The number of benzene rings is 1. The first-order valence-electron chi connectivity index (χ1n) is 8.41. The maximum absolute atomic E-state index is 12.7. The predicted octanol–water partition coefficient (Wildman–Crippen LogP) is 2.30. The number of aromatic nitrogens is 2. The number of methoxy groups -OCH3 is 1. The molecular formula is C18H21ClN4O3. The fraction of sp³-hybridized carbons (Fsp3) is 0.389. The lowest BCUT2D eigenvalue weighted by Crippen LogP contribution is -2.41. The molecule has 0 aliphatic carbocycles. The van der Waals surface area contributed by atoms with Gasteiger partial charge in [0.1, 0.15) is 11.6 Å². The van der Waals surface area contributed by atoms with Crippen molar-refractivity contribution in [3.8, 4) is 5.75 Å². The first-order valence-corrected chi connectivity index (χ1v) is 8.79. The second-order valence-electron chi connectivity index (χ2n) is 6.27. The highest BCUT2D eigenvalue weighted by molar-refractivity contribution is 6.31. The highest BCUT2D eigenvalue weighted by Crippen LogP contribution is 2.29. The van der Waals surface area contributed by atoms with Crippen LogP contribution >= 0.6 is 11.6 Å². The Morgan fingerprint density at radius 2 is 2.15 bits per heavy atom. The number of piperidine rings is 1. The lowest BCUT2D eigenvalue weighted by Gasteiger charge is -2.32. The SMILES string of the molecule is COc1ccc(Cl)cc1NC(=O)[C@@H]1CCCN(c2ccc(=O)n(C)n2)C1. The van der Waals surface area contributed by atoms with Crippen molar-refractivity contribution in [2.45, 2.75) is 12.8 Å². The van der Waals surface area contributed by atoms with Crippen molar-refractivity contribution in [3.05, 3.63) is 45.7 Å². The molecule has 3 rings (SSSR count). The van der Waals surface area contributed by atoms with Gasteiger partial charge in [-0.2, -0.15) is 5.10 Å². The third-order valence-electron chi connectivity index (χ3n) is 4.48. The zero-order valence-corrected chi connectivity index (χ0v) is 15.5. The Morgan fingerprint density at radius 3 is 2.88 bits per heavy atom. The summed E-state index contributed by atoms with van der Waals surface area (Å²) in [4.78, 5) is 26.3. The number of ether oxygens (including phenoxy) is 1. The van der Waals surface area contributed by atoms with E-state index in [2.05, 4.69) is 10.4 Å². The zero-order chi connectivity index (χ0) is 18.7. The van der Waals surface area contributed by atoms with E-state index in [1.54, 1.807) is 38.4 Å². The van der Waals surface area contributed by atoms with Gasteiger partial charge in [-0.3, -0.25) is 9.59 Å². The Morgan fingerprint density at radius 1 is 1.35 bits per heavy atom. The van der Waals surface area contributed by atoms with Crippen LogP contribution in [0.1, 0.15) is 12.8 Å². The van der Waals surface area contributed by atoms with Gasteiger partial charge in [0, 0.05) is 31.2 Å². The zero-order valence-electron chi connectivity index (χ0n) is 14.7. The van der Waals surface area contributed by atoms with E-state index >= 15 is 0 Å². The monoisotopic (exact) mass is 376 g/mol. The molecule has 2 heterocycles. The van der Waals surface area contributed by atoms with Crippen molar-refractivity contribution in [2.24, 2.45) is 13.0 Å². The van der Waals surface area contributed by atoms with Gasteiger partial charge in [-0.1, -0.05) is 11.6 Å². The van der Waals surface area contributed by atoms with Gasteiger partial charge in [-0.05, 0) is 37.1 Å². The number of aryl methyl sites for hydroxylation is 1. The second kappa shape index (κ2) is 7.78. The molecule has 1 aromatic heterocycles. The molecule has 0 bridgehead atoms. The van der Waals surface area contributed by atoms with Gasteiger partial charge in [0.15, 0.2) is 0 Å². The van der Waals surface area contributed by atoms with Gasteiger partial charge in [0.25, 0.3) is 5.56 Å². The Hall–Kier alpha value is -2.54. The van der Waals surface area contributed by atoms with Crippen LogP contribution in [0.2, 0.25) is 5.02 Å². The third-order valence-corrected chi connectivity index (χ3v) is 4.72. The van der Waals surface area contributed by atoms with Crippen LogP contribution in [-0.2, 0) is 11.8 Å². The molecule has 1 saturated heterocycles. The number of rotatable bonds is 4. The number of hydrogen-bond acceptors (Lipinski definition) is 5. The van der Waals surface area contributed by atoms with Crippen molar-refractivity contribution in [1.82, 2.24) is 9.78 Å². The van der Waals surface area contributed by atoms with Crippen LogP contribution in [0.25, 0.3) is 0 Å². The van der Waals surface area contributed by atoms with Crippen LogP contribution in [0.15, 0.2) is 35.1 Å². The van der Waals surface area contributed by atoms with E-state index in [1.807, 2.05) is 4.90 Å². The predicted molar refractivity (Wildman–Crippen MR) is 101 cm³/mol. The maximum Gasteiger partial charge on any atom is 0.266 e. The average molecular weight is 377 g/mol. The molecule has 0 saturated carbocycles. The highest BCUT2D eigenvalue weighted by atomic mass is 35.5. The van der Waals surface area contributed by atoms with Crippen molar-refractivity contribution in [1.29, 1.82) is 0 Å². The van der Waals surface area contributed by atoms with Crippen molar-refractivity contribution >= 4 is 29.0 Å². The van der Waals surface area contributed by atoms with E-state index in [-0.39, 0.29) is 17.4 Å². The van der Waals surface area contributed by atoms with Crippen LogP contribution < -0.4 is 20.5 Å².